The number of nitrogens with one attached hydrogen (secondary N) is 1. The molecule has 6 heteroatoms. The topological polar surface area (TPSA) is 55.1 Å². The minimum absolute atomic E-state index is 0.0730. The van der Waals surface area contributed by atoms with Gasteiger partial charge in [-0.2, -0.15) is 13.2 Å². The number of carbonyl (C=O) groups excluding carboxylic acids is 1. The molecule has 3 nitrogen and oxygen atoms in total. The normalized spacial score (nSPS) is 11.4. The lowest BCUT2D eigenvalue weighted by Gasteiger charge is -2.11. The SMILES string of the molecule is Cc1cc(CNC(=O)CCN)cc(C(F)(F)F)c1. The number of benzene rings is 1. The first-order chi connectivity index (χ1) is 8.32. The monoisotopic (exact) mass is 260 g/mol. The molecule has 3 N–H and O–H groups in total. The molecule has 1 aromatic rings. The Morgan fingerprint density at radius 1 is 1.33 bits per heavy atom. The molecule has 0 saturated heterocycles. The molecule has 1 rings (SSSR count). The standard InChI is InChI=1S/C12H15F3N2O/c1-8-4-9(7-17-11(18)2-3-16)6-10(5-8)12(13,14)15/h4-6H,2-3,7,16H2,1H3,(H,17,18). The second kappa shape index (κ2) is 5.86. The fraction of sp³-hybridized carbons (Fsp3) is 0.417. The van der Waals surface area contributed by atoms with E-state index in [1.807, 2.05) is 0 Å². The van der Waals surface area contributed by atoms with Crippen molar-refractivity contribution in [2.75, 3.05) is 6.54 Å². The van der Waals surface area contributed by atoms with E-state index in [4.69, 9.17) is 5.73 Å². The number of amides is 1. The maximum atomic E-state index is 12.6. The molecular formula is C12H15F3N2O. The molecule has 0 heterocycles. The summed E-state index contributed by atoms with van der Waals surface area (Å²) >= 11 is 0. The fourth-order valence-corrected chi connectivity index (χ4v) is 1.55. The van der Waals surface area contributed by atoms with Gasteiger partial charge in [0.1, 0.15) is 0 Å². The van der Waals surface area contributed by atoms with Crippen LogP contribution in [0.1, 0.15) is 23.1 Å². The van der Waals surface area contributed by atoms with Crippen LogP contribution in [0, 0.1) is 6.92 Å². The van der Waals surface area contributed by atoms with Crippen LogP contribution in [0.2, 0.25) is 0 Å². The summed E-state index contributed by atoms with van der Waals surface area (Å²) in [7, 11) is 0. The first-order valence-corrected chi connectivity index (χ1v) is 5.47. The first kappa shape index (κ1) is 14.5. The van der Waals surface area contributed by atoms with Crippen LogP contribution >= 0.6 is 0 Å². The Hall–Kier alpha value is -1.56. The molecule has 100 valence electrons. The van der Waals surface area contributed by atoms with Crippen molar-refractivity contribution in [2.45, 2.75) is 26.1 Å². The van der Waals surface area contributed by atoms with E-state index in [1.54, 1.807) is 13.0 Å². The van der Waals surface area contributed by atoms with Crippen LogP contribution in [-0.2, 0) is 17.5 Å². The molecule has 0 bridgehead atoms. The molecule has 0 aliphatic rings. The first-order valence-electron chi connectivity index (χ1n) is 5.47. The molecule has 0 aromatic heterocycles. The molecule has 1 amide bonds. The number of hydrogen-bond acceptors (Lipinski definition) is 2. The Labute approximate surface area is 103 Å². The molecular weight excluding hydrogens is 245 g/mol. The largest absolute Gasteiger partial charge is 0.416 e. The average Bonchev–Trinajstić information content (AvgIpc) is 2.25. The smallest absolute Gasteiger partial charge is 0.352 e. The van der Waals surface area contributed by atoms with E-state index < -0.39 is 11.7 Å². The van der Waals surface area contributed by atoms with E-state index >= 15 is 0 Å². The fourth-order valence-electron chi connectivity index (χ4n) is 1.55. The molecule has 0 fully saturated rings. The van der Waals surface area contributed by atoms with Crippen molar-refractivity contribution >= 4 is 5.91 Å². The van der Waals surface area contributed by atoms with Crippen LogP contribution in [0.4, 0.5) is 13.2 Å². The van der Waals surface area contributed by atoms with Crippen LogP contribution in [0.25, 0.3) is 0 Å². The predicted molar refractivity (Wildman–Crippen MR) is 61.7 cm³/mol. The number of alkyl halides is 3. The van der Waals surface area contributed by atoms with Crippen LogP contribution in [0.5, 0.6) is 0 Å². The number of nitrogens with two attached hydrogens (primary N) is 1. The molecule has 0 saturated carbocycles. The van der Waals surface area contributed by atoms with Gasteiger partial charge in [0.25, 0.3) is 0 Å². The zero-order chi connectivity index (χ0) is 13.8. The van der Waals surface area contributed by atoms with Crippen molar-refractivity contribution in [1.82, 2.24) is 5.32 Å². The highest BCUT2D eigenvalue weighted by Gasteiger charge is 2.30. The van der Waals surface area contributed by atoms with Gasteiger partial charge in [0.05, 0.1) is 5.56 Å². The lowest BCUT2D eigenvalue weighted by molar-refractivity contribution is -0.137. The summed E-state index contributed by atoms with van der Waals surface area (Å²) in [6.07, 6.45) is -4.21. The minimum atomic E-state index is -4.37. The molecule has 0 unspecified atom stereocenters. The van der Waals surface area contributed by atoms with E-state index in [2.05, 4.69) is 5.32 Å². The highest BCUT2D eigenvalue weighted by Crippen LogP contribution is 2.30. The summed E-state index contributed by atoms with van der Waals surface area (Å²) in [4.78, 5) is 11.2. The third-order valence-electron chi connectivity index (χ3n) is 2.33. The van der Waals surface area contributed by atoms with Crippen molar-refractivity contribution < 1.29 is 18.0 Å². The lowest BCUT2D eigenvalue weighted by atomic mass is 10.1. The third-order valence-corrected chi connectivity index (χ3v) is 2.33. The quantitative estimate of drug-likeness (QED) is 0.869. The number of aryl methyl sites for hydroxylation is 1. The Morgan fingerprint density at radius 2 is 2.00 bits per heavy atom. The number of rotatable bonds is 4. The van der Waals surface area contributed by atoms with Gasteiger partial charge in [-0.25, -0.2) is 0 Å². The van der Waals surface area contributed by atoms with Gasteiger partial charge < -0.3 is 11.1 Å². The lowest BCUT2D eigenvalue weighted by Crippen LogP contribution is -2.25. The molecule has 18 heavy (non-hydrogen) atoms. The van der Waals surface area contributed by atoms with Gasteiger partial charge in [0, 0.05) is 19.5 Å². The summed E-state index contributed by atoms with van der Waals surface area (Å²) in [5, 5.41) is 2.52. The maximum Gasteiger partial charge on any atom is 0.416 e. The Morgan fingerprint density at radius 3 is 2.56 bits per heavy atom. The zero-order valence-corrected chi connectivity index (χ0v) is 9.97. The van der Waals surface area contributed by atoms with Crippen LogP contribution < -0.4 is 11.1 Å². The summed E-state index contributed by atoms with van der Waals surface area (Å²) in [5.74, 6) is -0.271. The molecule has 0 spiro atoms. The van der Waals surface area contributed by atoms with Crippen molar-refractivity contribution in [1.29, 1.82) is 0 Å². The third kappa shape index (κ3) is 4.37. The maximum absolute atomic E-state index is 12.6. The number of hydrogen-bond donors (Lipinski definition) is 2. The Balaban J connectivity index is 2.78. The van der Waals surface area contributed by atoms with Crippen molar-refractivity contribution in [2.24, 2.45) is 5.73 Å². The number of halogens is 3. The average molecular weight is 260 g/mol. The summed E-state index contributed by atoms with van der Waals surface area (Å²) in [5.41, 5.74) is 5.42. The summed E-state index contributed by atoms with van der Waals surface area (Å²) in [6.45, 7) is 1.87. The van der Waals surface area contributed by atoms with E-state index in [-0.39, 0.29) is 25.4 Å². The van der Waals surface area contributed by atoms with Gasteiger partial charge >= 0.3 is 6.18 Å². The minimum Gasteiger partial charge on any atom is -0.352 e. The van der Waals surface area contributed by atoms with E-state index in [0.717, 1.165) is 12.1 Å². The Bertz CT molecular complexity index is 430. The highest BCUT2D eigenvalue weighted by atomic mass is 19.4. The van der Waals surface area contributed by atoms with Gasteiger partial charge in [0.15, 0.2) is 0 Å². The second-order valence-corrected chi connectivity index (χ2v) is 4.02. The van der Waals surface area contributed by atoms with E-state index in [9.17, 15) is 18.0 Å². The number of carbonyl (C=O) groups is 1. The van der Waals surface area contributed by atoms with Gasteiger partial charge in [-0.05, 0) is 24.6 Å². The second-order valence-electron chi connectivity index (χ2n) is 4.02. The molecule has 1 aromatic carbocycles. The van der Waals surface area contributed by atoms with E-state index in [1.165, 1.54) is 0 Å². The van der Waals surface area contributed by atoms with E-state index in [0.29, 0.717) is 11.1 Å². The summed E-state index contributed by atoms with van der Waals surface area (Å²) < 4.78 is 37.7. The van der Waals surface area contributed by atoms with Crippen LogP contribution in [0.15, 0.2) is 18.2 Å². The zero-order valence-electron chi connectivity index (χ0n) is 9.97. The van der Waals surface area contributed by atoms with Gasteiger partial charge in [-0.3, -0.25) is 4.79 Å². The van der Waals surface area contributed by atoms with Crippen molar-refractivity contribution in [3.63, 3.8) is 0 Å². The Kier molecular flexibility index (Phi) is 4.72. The molecule has 0 radical (unpaired) electrons. The highest BCUT2D eigenvalue weighted by molar-refractivity contribution is 5.76. The van der Waals surface area contributed by atoms with Crippen LogP contribution in [0.3, 0.4) is 0 Å². The molecule has 0 aliphatic carbocycles. The predicted octanol–water partition coefficient (Wildman–Crippen LogP) is 1.98. The van der Waals surface area contributed by atoms with Gasteiger partial charge in [-0.15, -0.1) is 0 Å². The summed E-state index contributed by atoms with van der Waals surface area (Å²) in [6, 6.07) is 3.72. The van der Waals surface area contributed by atoms with Crippen LogP contribution in [-0.4, -0.2) is 12.5 Å². The van der Waals surface area contributed by atoms with Gasteiger partial charge in [-0.1, -0.05) is 11.6 Å². The van der Waals surface area contributed by atoms with Crippen molar-refractivity contribution in [3.05, 3.63) is 34.9 Å². The molecule has 0 atom stereocenters. The van der Waals surface area contributed by atoms with Gasteiger partial charge in [0.2, 0.25) is 5.91 Å². The van der Waals surface area contributed by atoms with Crippen molar-refractivity contribution in [3.8, 4) is 0 Å². The molecule has 0 aliphatic heterocycles.